The van der Waals surface area contributed by atoms with Crippen molar-refractivity contribution >= 4 is 12.2 Å². The number of H-pyrrole nitrogens is 1. The van der Waals surface area contributed by atoms with Crippen LogP contribution in [-0.2, 0) is 31.2 Å². The van der Waals surface area contributed by atoms with E-state index in [1.807, 2.05) is 17.7 Å². The lowest BCUT2D eigenvalue weighted by atomic mass is 10.1. The number of pyridine rings is 1. The Morgan fingerprint density at radius 2 is 2.29 bits per heavy atom. The number of aryl methyl sites for hydroxylation is 1. The Morgan fingerprint density at radius 1 is 1.48 bits per heavy atom. The van der Waals surface area contributed by atoms with Gasteiger partial charge in [-0.3, -0.25) is 14.5 Å². The lowest BCUT2D eigenvalue weighted by molar-refractivity contribution is 0.187. The standard InChI is InChI=1S/C14H18N4O2S/c1-17-11-5-3-4-9(11)8-10(13(17)19)12-15-16-14(21)18(12)6-7-20-2/h8H,3-7H2,1-2H3,(H,16,21). The maximum atomic E-state index is 12.6. The molecule has 7 heteroatoms. The number of rotatable bonds is 4. The van der Waals surface area contributed by atoms with Crippen LogP contribution in [-0.4, -0.2) is 33.0 Å². The summed E-state index contributed by atoms with van der Waals surface area (Å²) in [6.07, 6.45) is 3.08. The van der Waals surface area contributed by atoms with E-state index in [9.17, 15) is 4.79 Å². The molecule has 2 aromatic rings. The second-order valence-corrected chi connectivity index (χ2v) is 5.63. The summed E-state index contributed by atoms with van der Waals surface area (Å²) < 4.78 is 9.16. The first kappa shape index (κ1) is 14.2. The predicted octanol–water partition coefficient (Wildman–Crippen LogP) is 1.44. The van der Waals surface area contributed by atoms with E-state index in [-0.39, 0.29) is 5.56 Å². The molecule has 0 unspecified atom stereocenters. The van der Waals surface area contributed by atoms with Gasteiger partial charge in [-0.25, -0.2) is 0 Å². The molecule has 0 spiro atoms. The predicted molar refractivity (Wildman–Crippen MR) is 82.0 cm³/mol. The number of hydrogen-bond donors (Lipinski definition) is 1. The van der Waals surface area contributed by atoms with Crippen molar-refractivity contribution in [2.45, 2.75) is 25.8 Å². The molecule has 0 saturated carbocycles. The third-order valence-electron chi connectivity index (χ3n) is 4.01. The summed E-state index contributed by atoms with van der Waals surface area (Å²) in [5, 5.41) is 7.01. The van der Waals surface area contributed by atoms with Gasteiger partial charge in [-0.05, 0) is 43.1 Å². The van der Waals surface area contributed by atoms with E-state index < -0.39 is 0 Å². The highest BCUT2D eigenvalue weighted by Gasteiger charge is 2.20. The number of aromatic amines is 1. The number of nitrogens with one attached hydrogen (secondary N) is 1. The molecule has 1 N–H and O–H groups in total. The van der Waals surface area contributed by atoms with Crippen LogP contribution in [0, 0.1) is 4.77 Å². The lowest BCUT2D eigenvalue weighted by Gasteiger charge is -2.11. The quantitative estimate of drug-likeness (QED) is 0.868. The van der Waals surface area contributed by atoms with E-state index in [2.05, 4.69) is 10.2 Å². The Balaban J connectivity index is 2.16. The summed E-state index contributed by atoms with van der Waals surface area (Å²) in [7, 11) is 3.47. The maximum absolute atomic E-state index is 12.6. The molecule has 0 fully saturated rings. The fourth-order valence-electron chi connectivity index (χ4n) is 2.90. The minimum atomic E-state index is -0.0247. The number of aromatic nitrogens is 4. The van der Waals surface area contributed by atoms with E-state index in [0.717, 1.165) is 25.0 Å². The van der Waals surface area contributed by atoms with E-state index in [1.165, 1.54) is 5.56 Å². The van der Waals surface area contributed by atoms with Gasteiger partial charge in [0.2, 0.25) is 0 Å². The van der Waals surface area contributed by atoms with Crippen molar-refractivity contribution < 1.29 is 4.74 Å². The average Bonchev–Trinajstić information content (AvgIpc) is 3.07. The summed E-state index contributed by atoms with van der Waals surface area (Å²) in [6, 6.07) is 1.97. The lowest BCUT2D eigenvalue weighted by Crippen LogP contribution is -2.23. The topological polar surface area (TPSA) is 64.8 Å². The third kappa shape index (κ3) is 2.36. The number of nitrogens with zero attached hydrogens (tertiary/aromatic N) is 3. The first-order valence-electron chi connectivity index (χ1n) is 6.99. The Morgan fingerprint density at radius 3 is 3.05 bits per heavy atom. The van der Waals surface area contributed by atoms with Crippen LogP contribution in [0.3, 0.4) is 0 Å². The molecule has 2 aromatic heterocycles. The van der Waals surface area contributed by atoms with Crippen LogP contribution in [0.25, 0.3) is 11.4 Å². The molecule has 6 nitrogen and oxygen atoms in total. The van der Waals surface area contributed by atoms with Crippen LogP contribution < -0.4 is 5.56 Å². The third-order valence-corrected chi connectivity index (χ3v) is 4.32. The molecule has 0 saturated heterocycles. The highest BCUT2D eigenvalue weighted by molar-refractivity contribution is 7.71. The molecular weight excluding hydrogens is 288 g/mol. The van der Waals surface area contributed by atoms with E-state index in [0.29, 0.717) is 29.3 Å². The largest absolute Gasteiger partial charge is 0.383 e. The SMILES string of the molecule is COCCn1c(-c2cc3c(n(C)c2=O)CCC3)n[nH]c1=S. The summed E-state index contributed by atoms with van der Waals surface area (Å²) in [5.74, 6) is 0.590. The van der Waals surface area contributed by atoms with Gasteiger partial charge in [0.15, 0.2) is 10.6 Å². The number of ether oxygens (including phenoxy) is 1. The molecule has 3 rings (SSSR count). The van der Waals surface area contributed by atoms with Gasteiger partial charge in [0.1, 0.15) is 0 Å². The molecule has 0 amide bonds. The molecule has 2 heterocycles. The van der Waals surface area contributed by atoms with Crippen LogP contribution in [0.1, 0.15) is 17.7 Å². The van der Waals surface area contributed by atoms with Crippen LogP contribution in [0.15, 0.2) is 10.9 Å². The van der Waals surface area contributed by atoms with Gasteiger partial charge >= 0.3 is 0 Å². The van der Waals surface area contributed by atoms with Crippen molar-refractivity contribution in [1.82, 2.24) is 19.3 Å². The summed E-state index contributed by atoms with van der Waals surface area (Å²) in [4.78, 5) is 12.6. The Labute approximate surface area is 127 Å². The van der Waals surface area contributed by atoms with Crippen LogP contribution in [0.2, 0.25) is 0 Å². The molecule has 0 aliphatic heterocycles. The van der Waals surface area contributed by atoms with E-state index in [4.69, 9.17) is 17.0 Å². The molecule has 0 bridgehead atoms. The van der Waals surface area contributed by atoms with Gasteiger partial charge in [-0.2, -0.15) is 5.10 Å². The first-order chi connectivity index (χ1) is 10.1. The van der Waals surface area contributed by atoms with Crippen molar-refractivity contribution in [3.05, 3.63) is 32.4 Å². The maximum Gasteiger partial charge on any atom is 0.261 e. The molecule has 1 aliphatic carbocycles. The average molecular weight is 306 g/mol. The van der Waals surface area contributed by atoms with Crippen molar-refractivity contribution in [3.63, 3.8) is 0 Å². The number of methoxy groups -OCH3 is 1. The van der Waals surface area contributed by atoms with Crippen LogP contribution >= 0.6 is 12.2 Å². The highest BCUT2D eigenvalue weighted by atomic mass is 32.1. The minimum Gasteiger partial charge on any atom is -0.383 e. The minimum absolute atomic E-state index is 0.0247. The van der Waals surface area contributed by atoms with Gasteiger partial charge in [0.05, 0.1) is 18.7 Å². The normalized spacial score (nSPS) is 13.6. The zero-order valence-corrected chi connectivity index (χ0v) is 13.0. The highest BCUT2D eigenvalue weighted by Crippen LogP contribution is 2.24. The van der Waals surface area contributed by atoms with Crippen molar-refractivity contribution in [1.29, 1.82) is 0 Å². The van der Waals surface area contributed by atoms with Gasteiger partial charge in [0, 0.05) is 19.9 Å². The van der Waals surface area contributed by atoms with E-state index >= 15 is 0 Å². The Bertz CT molecular complexity index is 787. The summed E-state index contributed by atoms with van der Waals surface area (Å²) >= 11 is 5.24. The van der Waals surface area contributed by atoms with Gasteiger partial charge < -0.3 is 9.30 Å². The molecule has 1 aliphatic rings. The molecule has 21 heavy (non-hydrogen) atoms. The van der Waals surface area contributed by atoms with Gasteiger partial charge in [-0.1, -0.05) is 0 Å². The zero-order valence-electron chi connectivity index (χ0n) is 12.2. The molecular formula is C14H18N4O2S. The van der Waals surface area contributed by atoms with Gasteiger partial charge in [0.25, 0.3) is 5.56 Å². The monoisotopic (exact) mass is 306 g/mol. The Hall–Kier alpha value is -1.73. The van der Waals surface area contributed by atoms with Crippen molar-refractivity contribution in [2.24, 2.45) is 7.05 Å². The van der Waals surface area contributed by atoms with Crippen LogP contribution in [0.4, 0.5) is 0 Å². The Kier molecular flexibility index (Phi) is 3.77. The molecule has 112 valence electrons. The fourth-order valence-corrected chi connectivity index (χ4v) is 3.13. The summed E-state index contributed by atoms with van der Waals surface area (Å²) in [5.41, 5.74) is 2.95. The number of hydrogen-bond acceptors (Lipinski definition) is 4. The smallest absolute Gasteiger partial charge is 0.261 e. The van der Waals surface area contributed by atoms with Crippen molar-refractivity contribution in [3.8, 4) is 11.4 Å². The second-order valence-electron chi connectivity index (χ2n) is 5.24. The van der Waals surface area contributed by atoms with E-state index in [1.54, 1.807) is 11.7 Å². The fraction of sp³-hybridized carbons (Fsp3) is 0.500. The molecule has 0 atom stereocenters. The van der Waals surface area contributed by atoms with Crippen LogP contribution in [0.5, 0.6) is 0 Å². The number of fused-ring (bicyclic) bond motifs is 1. The second kappa shape index (κ2) is 5.57. The first-order valence-corrected chi connectivity index (χ1v) is 7.40. The zero-order chi connectivity index (χ0) is 15.0. The van der Waals surface area contributed by atoms with Crippen molar-refractivity contribution in [2.75, 3.05) is 13.7 Å². The van der Waals surface area contributed by atoms with Gasteiger partial charge in [-0.15, -0.1) is 0 Å². The summed E-state index contributed by atoms with van der Waals surface area (Å²) in [6.45, 7) is 1.09. The molecule has 0 aromatic carbocycles. The molecule has 0 radical (unpaired) electrons.